The van der Waals surface area contributed by atoms with Crippen molar-refractivity contribution in [3.8, 4) is 0 Å². The molecule has 0 saturated heterocycles. The molecule has 0 rings (SSSR count). The maximum Gasteiger partial charge on any atom is 0.312 e. The fourth-order valence-electron chi connectivity index (χ4n) is 1.93. The fraction of sp³-hybridized carbons (Fsp3) is 0.929. The van der Waals surface area contributed by atoms with Crippen LogP contribution >= 0.6 is 0 Å². The number of hydrogen-bond acceptors (Lipinski definition) is 3. The first-order valence-corrected chi connectivity index (χ1v) is 6.59. The molecule has 1 atom stereocenters. The molecule has 0 spiro atoms. The summed E-state index contributed by atoms with van der Waals surface area (Å²) in [6, 6.07) is 0. The third-order valence-corrected chi connectivity index (χ3v) is 3.29. The van der Waals surface area contributed by atoms with Crippen molar-refractivity contribution < 1.29 is 9.53 Å². The number of unbranched alkanes of at least 4 members (excludes halogenated alkanes) is 1. The first-order valence-electron chi connectivity index (χ1n) is 6.59. The molecule has 17 heavy (non-hydrogen) atoms. The van der Waals surface area contributed by atoms with Gasteiger partial charge in [-0.25, -0.2) is 0 Å². The van der Waals surface area contributed by atoms with Gasteiger partial charge in [0.2, 0.25) is 0 Å². The van der Waals surface area contributed by atoms with Crippen LogP contribution in [0.1, 0.15) is 60.8 Å². The number of esters is 1. The van der Waals surface area contributed by atoms with E-state index in [4.69, 9.17) is 10.5 Å². The molecule has 0 aliphatic heterocycles. The van der Waals surface area contributed by atoms with E-state index in [1.165, 1.54) is 0 Å². The molecule has 0 aliphatic rings. The molecule has 0 radical (unpaired) electrons. The predicted molar refractivity (Wildman–Crippen MR) is 71.7 cm³/mol. The van der Waals surface area contributed by atoms with Gasteiger partial charge in [0.05, 0.1) is 12.0 Å². The zero-order valence-corrected chi connectivity index (χ0v) is 12.3. The number of rotatable bonds is 7. The van der Waals surface area contributed by atoms with E-state index in [1.54, 1.807) is 0 Å². The standard InChI is InChI=1S/C14H29NO2/c1-7-8-9-17-12(16)14(6,11(2)3)10-13(4,5)15/h11H,7-10,15H2,1-6H3. The van der Waals surface area contributed by atoms with Crippen molar-refractivity contribution in [2.24, 2.45) is 17.1 Å². The lowest BCUT2D eigenvalue weighted by atomic mass is 9.71. The molecule has 0 aromatic heterocycles. The maximum atomic E-state index is 12.2. The third-order valence-electron chi connectivity index (χ3n) is 3.29. The minimum Gasteiger partial charge on any atom is -0.465 e. The lowest BCUT2D eigenvalue weighted by molar-refractivity contribution is -0.159. The second-order valence-corrected chi connectivity index (χ2v) is 6.23. The largest absolute Gasteiger partial charge is 0.465 e. The Hall–Kier alpha value is -0.570. The molecule has 0 heterocycles. The number of nitrogens with two attached hydrogens (primary N) is 1. The maximum absolute atomic E-state index is 12.2. The van der Waals surface area contributed by atoms with E-state index in [1.807, 2.05) is 34.6 Å². The monoisotopic (exact) mass is 243 g/mol. The molecule has 0 aromatic rings. The van der Waals surface area contributed by atoms with Gasteiger partial charge in [-0.2, -0.15) is 0 Å². The highest BCUT2D eigenvalue weighted by atomic mass is 16.5. The number of hydrogen-bond donors (Lipinski definition) is 1. The minimum atomic E-state index is -0.494. The SMILES string of the molecule is CCCCOC(=O)C(C)(CC(C)(C)N)C(C)C. The van der Waals surface area contributed by atoms with E-state index in [0.717, 1.165) is 12.8 Å². The summed E-state index contributed by atoms with van der Waals surface area (Å²) in [5.74, 6) is 0.110. The van der Waals surface area contributed by atoms with E-state index in [-0.39, 0.29) is 17.4 Å². The Morgan fingerprint density at radius 1 is 1.29 bits per heavy atom. The van der Waals surface area contributed by atoms with Crippen molar-refractivity contribution in [3.05, 3.63) is 0 Å². The van der Waals surface area contributed by atoms with Gasteiger partial charge < -0.3 is 10.5 Å². The van der Waals surface area contributed by atoms with Gasteiger partial charge in [-0.3, -0.25) is 4.79 Å². The van der Waals surface area contributed by atoms with E-state index in [2.05, 4.69) is 6.92 Å². The van der Waals surface area contributed by atoms with Crippen LogP contribution in [-0.4, -0.2) is 18.1 Å². The summed E-state index contributed by atoms with van der Waals surface area (Å²) in [5.41, 5.74) is 5.19. The number of carbonyl (C=O) groups is 1. The molecule has 0 aliphatic carbocycles. The zero-order valence-electron chi connectivity index (χ0n) is 12.3. The number of carbonyl (C=O) groups excluding carboxylic acids is 1. The Morgan fingerprint density at radius 2 is 1.82 bits per heavy atom. The van der Waals surface area contributed by atoms with E-state index < -0.39 is 5.41 Å². The van der Waals surface area contributed by atoms with Crippen LogP contribution in [0.25, 0.3) is 0 Å². The molecule has 0 amide bonds. The summed E-state index contributed by atoms with van der Waals surface area (Å²) in [7, 11) is 0. The van der Waals surface area contributed by atoms with E-state index >= 15 is 0 Å². The molecule has 3 nitrogen and oxygen atoms in total. The smallest absolute Gasteiger partial charge is 0.312 e. The van der Waals surface area contributed by atoms with Gasteiger partial charge >= 0.3 is 5.97 Å². The molecule has 0 saturated carbocycles. The van der Waals surface area contributed by atoms with E-state index in [0.29, 0.717) is 13.0 Å². The van der Waals surface area contributed by atoms with Crippen molar-refractivity contribution in [1.82, 2.24) is 0 Å². The van der Waals surface area contributed by atoms with Crippen LogP contribution in [0.15, 0.2) is 0 Å². The van der Waals surface area contributed by atoms with Gasteiger partial charge in [0.1, 0.15) is 0 Å². The normalized spacial score (nSPS) is 15.8. The molecular formula is C14H29NO2. The van der Waals surface area contributed by atoms with Gasteiger partial charge in [0, 0.05) is 5.54 Å². The average molecular weight is 243 g/mol. The van der Waals surface area contributed by atoms with Gasteiger partial charge in [-0.15, -0.1) is 0 Å². The molecule has 0 aromatic carbocycles. The van der Waals surface area contributed by atoms with Gasteiger partial charge in [0.15, 0.2) is 0 Å². The van der Waals surface area contributed by atoms with Crippen LogP contribution in [0.3, 0.4) is 0 Å². The predicted octanol–water partition coefficient (Wildman–Crippen LogP) is 3.12. The second kappa shape index (κ2) is 6.39. The summed E-state index contributed by atoms with van der Waals surface area (Å²) in [6.45, 7) is 12.6. The highest BCUT2D eigenvalue weighted by Gasteiger charge is 2.41. The van der Waals surface area contributed by atoms with Crippen LogP contribution in [0.5, 0.6) is 0 Å². The molecule has 3 heteroatoms. The highest BCUT2D eigenvalue weighted by molar-refractivity contribution is 5.76. The Kier molecular flexibility index (Phi) is 6.17. The van der Waals surface area contributed by atoms with Crippen molar-refractivity contribution in [3.63, 3.8) is 0 Å². The van der Waals surface area contributed by atoms with Gasteiger partial charge in [-0.05, 0) is 39.5 Å². The summed E-state index contributed by atoms with van der Waals surface area (Å²) < 4.78 is 5.36. The molecule has 0 fully saturated rings. The lowest BCUT2D eigenvalue weighted by Crippen LogP contribution is -2.45. The molecule has 1 unspecified atom stereocenters. The highest BCUT2D eigenvalue weighted by Crippen LogP contribution is 2.36. The van der Waals surface area contributed by atoms with Gasteiger partial charge in [-0.1, -0.05) is 27.2 Å². The van der Waals surface area contributed by atoms with Crippen molar-refractivity contribution >= 4 is 5.97 Å². The molecule has 2 N–H and O–H groups in total. The second-order valence-electron chi connectivity index (χ2n) is 6.23. The Balaban J connectivity index is 4.65. The summed E-state index contributed by atoms with van der Waals surface area (Å²) in [6.07, 6.45) is 2.60. The average Bonchev–Trinajstić information content (AvgIpc) is 2.14. The molecule has 0 bridgehead atoms. The Labute approximate surface area is 106 Å². The fourth-order valence-corrected chi connectivity index (χ4v) is 1.93. The number of ether oxygens (including phenoxy) is 1. The summed E-state index contributed by atoms with van der Waals surface area (Å²) in [4.78, 5) is 12.2. The quantitative estimate of drug-likeness (QED) is 0.552. The van der Waals surface area contributed by atoms with Crippen LogP contribution in [0, 0.1) is 11.3 Å². The first-order chi connectivity index (χ1) is 7.63. The van der Waals surface area contributed by atoms with Gasteiger partial charge in [0.25, 0.3) is 0 Å². The van der Waals surface area contributed by atoms with Crippen LogP contribution in [-0.2, 0) is 9.53 Å². The Bertz CT molecular complexity index is 243. The zero-order chi connectivity index (χ0) is 13.7. The van der Waals surface area contributed by atoms with Crippen molar-refractivity contribution in [2.75, 3.05) is 6.61 Å². The topological polar surface area (TPSA) is 52.3 Å². The van der Waals surface area contributed by atoms with Crippen molar-refractivity contribution in [1.29, 1.82) is 0 Å². The summed E-state index contributed by atoms with van der Waals surface area (Å²) >= 11 is 0. The third kappa shape index (κ3) is 5.53. The van der Waals surface area contributed by atoms with E-state index in [9.17, 15) is 4.79 Å². The molecular weight excluding hydrogens is 214 g/mol. The van der Waals surface area contributed by atoms with Crippen LogP contribution in [0.2, 0.25) is 0 Å². The minimum absolute atomic E-state index is 0.112. The van der Waals surface area contributed by atoms with Crippen LogP contribution < -0.4 is 5.73 Å². The first kappa shape index (κ1) is 16.4. The lowest BCUT2D eigenvalue weighted by Gasteiger charge is -2.36. The van der Waals surface area contributed by atoms with Crippen molar-refractivity contribution in [2.45, 2.75) is 66.3 Å². The van der Waals surface area contributed by atoms with Crippen LogP contribution in [0.4, 0.5) is 0 Å². The summed E-state index contributed by atoms with van der Waals surface area (Å²) in [5, 5.41) is 0. The Morgan fingerprint density at radius 3 is 2.18 bits per heavy atom. The molecule has 102 valence electrons.